The number of nitrogens with two attached hydrogens (primary N) is 1. The summed E-state index contributed by atoms with van der Waals surface area (Å²) in [7, 11) is 0. The van der Waals surface area contributed by atoms with Crippen molar-refractivity contribution >= 4 is 17.2 Å². The third kappa shape index (κ3) is 2.81. The summed E-state index contributed by atoms with van der Waals surface area (Å²) in [4.78, 5) is 15.7. The van der Waals surface area contributed by atoms with E-state index >= 15 is 0 Å². The molecule has 1 aliphatic rings. The largest absolute Gasteiger partial charge is 0.337 e. The maximum absolute atomic E-state index is 12.9. The van der Waals surface area contributed by atoms with Gasteiger partial charge in [-0.05, 0) is 28.8 Å². The molecule has 116 valence electrons. The first-order valence-corrected chi connectivity index (χ1v) is 8.55. The quantitative estimate of drug-likeness (QED) is 0.920. The number of amides is 1. The molecular formula is C18H22N2OS. The molecule has 1 saturated heterocycles. The van der Waals surface area contributed by atoms with E-state index in [4.69, 9.17) is 5.73 Å². The van der Waals surface area contributed by atoms with Crippen molar-refractivity contribution in [1.29, 1.82) is 0 Å². The Labute approximate surface area is 135 Å². The van der Waals surface area contributed by atoms with Crippen molar-refractivity contribution in [3.63, 3.8) is 0 Å². The maximum atomic E-state index is 12.9. The van der Waals surface area contributed by atoms with E-state index in [0.29, 0.717) is 0 Å². The van der Waals surface area contributed by atoms with Crippen molar-refractivity contribution in [2.45, 2.75) is 26.3 Å². The highest BCUT2D eigenvalue weighted by Crippen LogP contribution is 2.33. The molecule has 1 unspecified atom stereocenters. The van der Waals surface area contributed by atoms with E-state index in [-0.39, 0.29) is 17.4 Å². The molecule has 2 N–H and O–H groups in total. The number of nitrogens with zero attached hydrogens (tertiary/aromatic N) is 1. The van der Waals surface area contributed by atoms with Gasteiger partial charge in [0.2, 0.25) is 0 Å². The van der Waals surface area contributed by atoms with Gasteiger partial charge in [0.05, 0.1) is 4.88 Å². The van der Waals surface area contributed by atoms with Gasteiger partial charge in [0.15, 0.2) is 0 Å². The van der Waals surface area contributed by atoms with Gasteiger partial charge in [0, 0.05) is 24.7 Å². The number of hydrogen-bond acceptors (Lipinski definition) is 3. The molecule has 0 bridgehead atoms. The minimum atomic E-state index is -0.0297. The monoisotopic (exact) mass is 314 g/mol. The van der Waals surface area contributed by atoms with Gasteiger partial charge in [-0.3, -0.25) is 4.79 Å². The fourth-order valence-corrected chi connectivity index (χ4v) is 3.89. The SMILES string of the molecule is CC1(C)CN(C(=O)c2sccc2-c2ccccc2)CCC1N. The normalized spacial score (nSPS) is 20.9. The lowest BCUT2D eigenvalue weighted by molar-refractivity contribution is 0.0538. The summed E-state index contributed by atoms with van der Waals surface area (Å²) in [5.74, 6) is 0.133. The number of likely N-dealkylation sites (tertiary alicyclic amines) is 1. The number of thiophene rings is 1. The maximum Gasteiger partial charge on any atom is 0.264 e. The highest BCUT2D eigenvalue weighted by Gasteiger charge is 2.36. The van der Waals surface area contributed by atoms with Gasteiger partial charge < -0.3 is 10.6 Å². The summed E-state index contributed by atoms with van der Waals surface area (Å²) in [5.41, 5.74) is 8.28. The lowest BCUT2D eigenvalue weighted by Crippen LogP contribution is -2.53. The lowest BCUT2D eigenvalue weighted by Gasteiger charge is -2.42. The Morgan fingerprint density at radius 3 is 2.68 bits per heavy atom. The van der Waals surface area contributed by atoms with Crippen molar-refractivity contribution in [3.05, 3.63) is 46.7 Å². The molecule has 0 spiro atoms. The molecular weight excluding hydrogens is 292 g/mol. The highest BCUT2D eigenvalue weighted by molar-refractivity contribution is 7.12. The fraction of sp³-hybridized carbons (Fsp3) is 0.389. The van der Waals surface area contributed by atoms with Crippen molar-refractivity contribution in [1.82, 2.24) is 4.90 Å². The molecule has 1 atom stereocenters. The van der Waals surface area contributed by atoms with E-state index in [9.17, 15) is 4.79 Å². The minimum Gasteiger partial charge on any atom is -0.337 e. The van der Waals surface area contributed by atoms with Crippen LogP contribution < -0.4 is 5.73 Å². The van der Waals surface area contributed by atoms with Crippen LogP contribution in [0.5, 0.6) is 0 Å². The van der Waals surface area contributed by atoms with Crippen LogP contribution in [0.15, 0.2) is 41.8 Å². The zero-order chi connectivity index (χ0) is 15.7. The lowest BCUT2D eigenvalue weighted by atomic mass is 9.79. The Hall–Kier alpha value is -1.65. The molecule has 1 aromatic heterocycles. The number of piperidine rings is 1. The van der Waals surface area contributed by atoms with E-state index < -0.39 is 0 Å². The van der Waals surface area contributed by atoms with Crippen molar-refractivity contribution in [2.24, 2.45) is 11.1 Å². The van der Waals surface area contributed by atoms with Crippen LogP contribution in [-0.4, -0.2) is 29.9 Å². The van der Waals surface area contributed by atoms with E-state index in [2.05, 4.69) is 26.0 Å². The Bertz CT molecular complexity index is 663. The second kappa shape index (κ2) is 5.86. The summed E-state index contributed by atoms with van der Waals surface area (Å²) >= 11 is 1.52. The van der Waals surface area contributed by atoms with Gasteiger partial charge in [0.25, 0.3) is 5.91 Å². The van der Waals surface area contributed by atoms with E-state index in [1.165, 1.54) is 11.3 Å². The van der Waals surface area contributed by atoms with Crippen molar-refractivity contribution < 1.29 is 4.79 Å². The first-order chi connectivity index (χ1) is 10.5. The smallest absolute Gasteiger partial charge is 0.264 e. The summed E-state index contributed by atoms with van der Waals surface area (Å²) < 4.78 is 0. The van der Waals surface area contributed by atoms with E-state index in [1.807, 2.05) is 34.5 Å². The number of rotatable bonds is 2. The number of benzene rings is 1. The van der Waals surface area contributed by atoms with Gasteiger partial charge >= 0.3 is 0 Å². The molecule has 2 heterocycles. The standard InChI is InChI=1S/C18H22N2OS/c1-18(2)12-20(10-8-15(18)19)17(21)16-14(9-11-22-16)13-6-4-3-5-7-13/h3-7,9,11,15H,8,10,12,19H2,1-2H3. The molecule has 0 aliphatic carbocycles. The van der Waals surface area contributed by atoms with Crippen LogP contribution in [-0.2, 0) is 0 Å². The molecule has 1 aromatic carbocycles. The third-order valence-corrected chi connectivity index (χ3v) is 5.45. The first kappa shape index (κ1) is 15.3. The fourth-order valence-electron chi connectivity index (χ4n) is 3.01. The minimum absolute atomic E-state index is 0.0297. The molecule has 1 aliphatic heterocycles. The van der Waals surface area contributed by atoms with Crippen molar-refractivity contribution in [2.75, 3.05) is 13.1 Å². The van der Waals surface area contributed by atoms with Crippen LogP contribution in [0.1, 0.15) is 29.9 Å². The van der Waals surface area contributed by atoms with Crippen LogP contribution in [0.4, 0.5) is 0 Å². The van der Waals surface area contributed by atoms with Gasteiger partial charge in [-0.25, -0.2) is 0 Å². The highest BCUT2D eigenvalue weighted by atomic mass is 32.1. The van der Waals surface area contributed by atoms with E-state index in [0.717, 1.165) is 35.5 Å². The summed E-state index contributed by atoms with van der Waals surface area (Å²) in [6.07, 6.45) is 0.866. The van der Waals surface area contributed by atoms with Crippen LogP contribution in [0.2, 0.25) is 0 Å². The molecule has 1 amide bonds. The third-order valence-electron chi connectivity index (χ3n) is 4.54. The van der Waals surface area contributed by atoms with Crippen molar-refractivity contribution in [3.8, 4) is 11.1 Å². The number of carbonyl (C=O) groups excluding carboxylic acids is 1. The zero-order valence-corrected chi connectivity index (χ0v) is 13.9. The average molecular weight is 314 g/mol. The number of hydrogen-bond donors (Lipinski definition) is 1. The predicted molar refractivity (Wildman–Crippen MR) is 92.0 cm³/mol. The van der Waals surface area contributed by atoms with E-state index in [1.54, 1.807) is 0 Å². The predicted octanol–water partition coefficient (Wildman–Crippen LogP) is 3.61. The van der Waals surface area contributed by atoms with Crippen LogP contribution in [0, 0.1) is 5.41 Å². The van der Waals surface area contributed by atoms with Crippen LogP contribution >= 0.6 is 11.3 Å². The summed E-state index contributed by atoms with van der Waals surface area (Å²) in [6, 6.07) is 12.3. The Balaban J connectivity index is 1.87. The average Bonchev–Trinajstić information content (AvgIpc) is 2.99. The summed E-state index contributed by atoms with van der Waals surface area (Å²) in [6.45, 7) is 5.75. The molecule has 3 nitrogen and oxygen atoms in total. The first-order valence-electron chi connectivity index (χ1n) is 7.67. The van der Waals surface area contributed by atoms with Gasteiger partial charge in [-0.15, -0.1) is 11.3 Å². The molecule has 3 rings (SSSR count). The zero-order valence-electron chi connectivity index (χ0n) is 13.1. The Morgan fingerprint density at radius 1 is 1.27 bits per heavy atom. The Kier molecular flexibility index (Phi) is 4.06. The molecule has 0 radical (unpaired) electrons. The molecule has 4 heteroatoms. The second-order valence-electron chi connectivity index (χ2n) is 6.64. The van der Waals surface area contributed by atoms with Crippen LogP contribution in [0.25, 0.3) is 11.1 Å². The molecule has 22 heavy (non-hydrogen) atoms. The summed E-state index contributed by atoms with van der Waals surface area (Å²) in [5, 5.41) is 2.00. The van der Waals surface area contributed by atoms with Gasteiger partial charge in [-0.1, -0.05) is 44.2 Å². The molecule has 2 aromatic rings. The molecule has 0 saturated carbocycles. The molecule has 1 fully saturated rings. The van der Waals surface area contributed by atoms with Crippen LogP contribution in [0.3, 0.4) is 0 Å². The Morgan fingerprint density at radius 2 is 2.00 bits per heavy atom. The topological polar surface area (TPSA) is 46.3 Å². The van der Waals surface area contributed by atoms with Gasteiger partial charge in [0.1, 0.15) is 0 Å². The second-order valence-corrected chi connectivity index (χ2v) is 7.56. The number of carbonyl (C=O) groups is 1. The van der Waals surface area contributed by atoms with Gasteiger partial charge in [-0.2, -0.15) is 0 Å².